The molecule has 2 nitrogen and oxygen atoms in total. The number of benzene rings is 2. The highest BCUT2D eigenvalue weighted by Gasteiger charge is 2.08. The van der Waals surface area contributed by atoms with Crippen LogP contribution < -0.4 is 10.5 Å². The number of methoxy groups -OCH3 is 1. The molecule has 2 aromatic rings. The Morgan fingerprint density at radius 1 is 1.15 bits per heavy atom. The van der Waals surface area contributed by atoms with Crippen LogP contribution in [0.5, 0.6) is 5.75 Å². The van der Waals surface area contributed by atoms with Crippen molar-refractivity contribution in [2.45, 2.75) is 18.9 Å². The summed E-state index contributed by atoms with van der Waals surface area (Å²) in [5.74, 6) is 0.575. The van der Waals surface area contributed by atoms with Crippen LogP contribution in [0.3, 0.4) is 0 Å². The van der Waals surface area contributed by atoms with Gasteiger partial charge in [-0.2, -0.15) is 0 Å². The zero-order valence-corrected chi connectivity index (χ0v) is 12.9. The van der Waals surface area contributed by atoms with E-state index in [0.717, 1.165) is 27.8 Å². The molecule has 0 fully saturated rings. The minimum atomic E-state index is -0.247. The second-order valence-electron chi connectivity index (χ2n) is 4.80. The van der Waals surface area contributed by atoms with Crippen LogP contribution in [0.2, 0.25) is 0 Å². The Balaban J connectivity index is 2.02. The van der Waals surface area contributed by atoms with Gasteiger partial charge < -0.3 is 10.5 Å². The quantitative estimate of drug-likeness (QED) is 0.902. The molecule has 0 heterocycles. The van der Waals surface area contributed by atoms with E-state index in [1.165, 1.54) is 12.1 Å². The fraction of sp³-hybridized carbons (Fsp3) is 0.250. The van der Waals surface area contributed by atoms with Gasteiger partial charge in [0.05, 0.1) is 7.11 Å². The highest BCUT2D eigenvalue weighted by atomic mass is 79.9. The minimum absolute atomic E-state index is 0.0594. The van der Waals surface area contributed by atoms with E-state index >= 15 is 0 Å². The van der Waals surface area contributed by atoms with Gasteiger partial charge in [-0.25, -0.2) is 4.39 Å². The lowest BCUT2D eigenvalue weighted by Gasteiger charge is -2.13. The summed E-state index contributed by atoms with van der Waals surface area (Å²) in [6, 6.07) is 12.6. The highest BCUT2D eigenvalue weighted by molar-refractivity contribution is 9.10. The summed E-state index contributed by atoms with van der Waals surface area (Å²) < 4.78 is 19.2. The number of nitrogens with two attached hydrogens (primary N) is 1. The molecule has 2 rings (SSSR count). The average Bonchev–Trinajstić information content (AvgIpc) is 2.37. The van der Waals surface area contributed by atoms with Crippen LogP contribution >= 0.6 is 15.9 Å². The summed E-state index contributed by atoms with van der Waals surface area (Å²) in [5, 5.41) is 0. The Labute approximate surface area is 126 Å². The molecule has 1 atom stereocenters. The van der Waals surface area contributed by atoms with Gasteiger partial charge in [-0.15, -0.1) is 0 Å². The molecule has 0 spiro atoms. The molecular formula is C16H17BrFNO. The van der Waals surface area contributed by atoms with Crippen molar-refractivity contribution in [1.82, 2.24) is 0 Å². The molecule has 0 aliphatic rings. The fourth-order valence-corrected chi connectivity index (χ4v) is 2.72. The third-order valence-corrected chi connectivity index (χ3v) is 3.51. The van der Waals surface area contributed by atoms with Gasteiger partial charge >= 0.3 is 0 Å². The lowest BCUT2D eigenvalue weighted by molar-refractivity contribution is 0.414. The molecule has 0 aliphatic carbocycles. The Kier molecular flexibility index (Phi) is 5.15. The summed E-state index contributed by atoms with van der Waals surface area (Å²) >= 11 is 3.29. The Hall–Kier alpha value is -1.39. The first-order valence-corrected chi connectivity index (χ1v) is 7.19. The van der Waals surface area contributed by atoms with Crippen LogP contribution in [0.15, 0.2) is 46.9 Å². The molecule has 1 unspecified atom stereocenters. The molecule has 20 heavy (non-hydrogen) atoms. The number of halogens is 2. The van der Waals surface area contributed by atoms with Gasteiger partial charge in [-0.05, 0) is 54.3 Å². The molecule has 2 N–H and O–H groups in total. The van der Waals surface area contributed by atoms with Crippen molar-refractivity contribution >= 4 is 15.9 Å². The molecule has 2 aromatic carbocycles. The summed E-state index contributed by atoms with van der Waals surface area (Å²) in [6.07, 6.45) is 1.36. The van der Waals surface area contributed by atoms with E-state index in [-0.39, 0.29) is 11.9 Å². The molecular weight excluding hydrogens is 321 g/mol. The van der Waals surface area contributed by atoms with Gasteiger partial charge in [-0.3, -0.25) is 0 Å². The van der Waals surface area contributed by atoms with Gasteiger partial charge in [0.15, 0.2) is 0 Å². The first-order valence-electron chi connectivity index (χ1n) is 6.40. The number of ether oxygens (including phenoxy) is 1. The van der Waals surface area contributed by atoms with Gasteiger partial charge in [-0.1, -0.05) is 28.1 Å². The highest BCUT2D eigenvalue weighted by Crippen LogP contribution is 2.18. The lowest BCUT2D eigenvalue weighted by atomic mass is 9.99. The van der Waals surface area contributed by atoms with E-state index in [1.54, 1.807) is 7.11 Å². The van der Waals surface area contributed by atoms with Crippen molar-refractivity contribution in [3.8, 4) is 5.75 Å². The van der Waals surface area contributed by atoms with E-state index in [4.69, 9.17) is 10.5 Å². The van der Waals surface area contributed by atoms with Gasteiger partial charge in [0.1, 0.15) is 11.6 Å². The second kappa shape index (κ2) is 6.86. The zero-order chi connectivity index (χ0) is 14.5. The number of rotatable bonds is 5. The predicted molar refractivity (Wildman–Crippen MR) is 82.5 cm³/mol. The van der Waals surface area contributed by atoms with E-state index in [2.05, 4.69) is 15.9 Å². The van der Waals surface area contributed by atoms with Crippen molar-refractivity contribution in [2.75, 3.05) is 7.11 Å². The summed E-state index contributed by atoms with van der Waals surface area (Å²) in [5.41, 5.74) is 8.16. The SMILES string of the molecule is COc1cccc(CC(N)Cc2cc(F)cc(Br)c2)c1. The first kappa shape index (κ1) is 15.0. The smallest absolute Gasteiger partial charge is 0.124 e. The van der Waals surface area contributed by atoms with Gasteiger partial charge in [0.2, 0.25) is 0 Å². The molecule has 4 heteroatoms. The standard InChI is InChI=1S/C16H17BrFNO/c1-20-16-4-2-3-11(9-16)7-15(19)8-12-5-13(17)10-14(18)6-12/h2-6,9-10,15H,7-8,19H2,1H3. The lowest BCUT2D eigenvalue weighted by Crippen LogP contribution is -2.25. The van der Waals surface area contributed by atoms with Gasteiger partial charge in [0.25, 0.3) is 0 Å². The maximum Gasteiger partial charge on any atom is 0.124 e. The third-order valence-electron chi connectivity index (χ3n) is 3.05. The molecule has 106 valence electrons. The van der Waals surface area contributed by atoms with E-state index in [0.29, 0.717) is 6.42 Å². The van der Waals surface area contributed by atoms with Crippen molar-refractivity contribution in [3.05, 3.63) is 63.9 Å². The monoisotopic (exact) mass is 337 g/mol. The molecule has 0 aliphatic heterocycles. The fourth-order valence-electron chi connectivity index (χ4n) is 2.21. The van der Waals surface area contributed by atoms with Crippen molar-refractivity contribution < 1.29 is 9.13 Å². The average molecular weight is 338 g/mol. The first-order chi connectivity index (χ1) is 9.56. The maximum atomic E-state index is 13.3. The van der Waals surface area contributed by atoms with E-state index < -0.39 is 0 Å². The van der Waals surface area contributed by atoms with Crippen LogP contribution in [0, 0.1) is 5.82 Å². The zero-order valence-electron chi connectivity index (χ0n) is 11.3. The third kappa shape index (κ3) is 4.32. The Morgan fingerprint density at radius 3 is 2.60 bits per heavy atom. The van der Waals surface area contributed by atoms with Crippen LogP contribution in [-0.2, 0) is 12.8 Å². The maximum absolute atomic E-state index is 13.3. The second-order valence-corrected chi connectivity index (χ2v) is 5.71. The predicted octanol–water partition coefficient (Wildman–Crippen LogP) is 3.71. The number of hydrogen-bond acceptors (Lipinski definition) is 2. The molecule has 0 saturated carbocycles. The summed E-state index contributed by atoms with van der Waals surface area (Å²) in [7, 11) is 1.64. The molecule has 0 saturated heterocycles. The molecule has 0 radical (unpaired) electrons. The largest absolute Gasteiger partial charge is 0.497 e. The van der Waals surface area contributed by atoms with Gasteiger partial charge in [0, 0.05) is 10.5 Å². The van der Waals surface area contributed by atoms with Crippen LogP contribution in [0.1, 0.15) is 11.1 Å². The number of hydrogen-bond donors (Lipinski definition) is 1. The van der Waals surface area contributed by atoms with E-state index in [9.17, 15) is 4.39 Å². The minimum Gasteiger partial charge on any atom is -0.497 e. The molecule has 0 aromatic heterocycles. The summed E-state index contributed by atoms with van der Waals surface area (Å²) in [6.45, 7) is 0. The van der Waals surface area contributed by atoms with Crippen molar-refractivity contribution in [3.63, 3.8) is 0 Å². The van der Waals surface area contributed by atoms with Crippen molar-refractivity contribution in [2.24, 2.45) is 5.73 Å². The van der Waals surface area contributed by atoms with Crippen LogP contribution in [0.4, 0.5) is 4.39 Å². The Morgan fingerprint density at radius 2 is 1.90 bits per heavy atom. The Bertz CT molecular complexity index is 568. The summed E-state index contributed by atoms with van der Waals surface area (Å²) in [4.78, 5) is 0. The molecule has 0 amide bonds. The van der Waals surface area contributed by atoms with Crippen molar-refractivity contribution in [1.29, 1.82) is 0 Å². The topological polar surface area (TPSA) is 35.2 Å². The van der Waals surface area contributed by atoms with E-state index in [1.807, 2.05) is 30.3 Å². The van der Waals surface area contributed by atoms with Crippen LogP contribution in [0.25, 0.3) is 0 Å². The normalized spacial score (nSPS) is 12.2. The molecule has 0 bridgehead atoms. The van der Waals surface area contributed by atoms with Crippen LogP contribution in [-0.4, -0.2) is 13.2 Å².